The number of hydrogen-bond acceptors (Lipinski definition) is 3. The van der Waals surface area contributed by atoms with Crippen LogP contribution in [0.5, 0.6) is 0 Å². The maximum absolute atomic E-state index is 5.66. The molecule has 1 fully saturated rings. The normalized spacial score (nSPS) is 22.2. The quantitative estimate of drug-likeness (QED) is 0.798. The molecule has 1 saturated heterocycles. The molecule has 16 heavy (non-hydrogen) atoms. The summed E-state index contributed by atoms with van der Waals surface area (Å²) in [4.78, 5) is 4.56. The topological polar surface area (TPSA) is 31.4 Å². The van der Waals surface area contributed by atoms with Crippen LogP contribution in [0.1, 0.15) is 30.3 Å². The van der Waals surface area contributed by atoms with Gasteiger partial charge in [-0.3, -0.25) is 4.98 Å². The molecule has 2 unspecified atom stereocenters. The predicted octanol–water partition coefficient (Wildman–Crippen LogP) is 2.84. The van der Waals surface area contributed by atoms with Gasteiger partial charge in [-0.25, -0.2) is 0 Å². The van der Waals surface area contributed by atoms with Gasteiger partial charge in [-0.2, -0.15) is 0 Å². The van der Waals surface area contributed by atoms with Crippen LogP contribution in [0.4, 0.5) is 0 Å². The number of hydrogen-bond donors (Lipinski definition) is 0. The highest BCUT2D eigenvalue weighted by Gasteiger charge is 2.28. The molecule has 1 aliphatic heterocycles. The first kappa shape index (κ1) is 12.0. The third-order valence-corrected chi connectivity index (χ3v) is 3.39. The Morgan fingerprint density at radius 1 is 1.62 bits per heavy atom. The van der Waals surface area contributed by atoms with E-state index in [9.17, 15) is 0 Å². The average molecular weight is 286 g/mol. The van der Waals surface area contributed by atoms with E-state index in [1.54, 1.807) is 7.11 Å². The zero-order valence-electron chi connectivity index (χ0n) is 9.36. The largest absolute Gasteiger partial charge is 0.375 e. The Morgan fingerprint density at radius 3 is 3.12 bits per heavy atom. The van der Waals surface area contributed by atoms with E-state index < -0.39 is 0 Å². The second-order valence-corrected chi connectivity index (χ2v) is 4.46. The summed E-state index contributed by atoms with van der Waals surface area (Å²) >= 11 is 3.41. The number of rotatable bonds is 4. The summed E-state index contributed by atoms with van der Waals surface area (Å²) in [7, 11) is 1.72. The van der Waals surface area contributed by atoms with Crippen molar-refractivity contribution in [1.82, 2.24) is 4.98 Å². The van der Waals surface area contributed by atoms with Crippen LogP contribution in [0.15, 0.2) is 18.2 Å². The fourth-order valence-corrected chi connectivity index (χ4v) is 2.35. The van der Waals surface area contributed by atoms with Crippen molar-refractivity contribution in [3.8, 4) is 0 Å². The summed E-state index contributed by atoms with van der Waals surface area (Å²) in [6.45, 7) is 0.836. The Bertz CT molecular complexity index is 340. The summed E-state index contributed by atoms with van der Waals surface area (Å²) in [6, 6.07) is 6.02. The van der Waals surface area contributed by atoms with Crippen LogP contribution < -0.4 is 0 Å². The molecule has 0 N–H and O–H groups in total. The van der Waals surface area contributed by atoms with Gasteiger partial charge in [0.1, 0.15) is 6.10 Å². The number of ether oxygens (including phenoxy) is 2. The lowest BCUT2D eigenvalue weighted by Crippen LogP contribution is -2.20. The number of aromatic nitrogens is 1. The molecule has 1 aliphatic rings. The fraction of sp³-hybridized carbons (Fsp3) is 0.583. The minimum atomic E-state index is -0.0403. The molecule has 2 rings (SSSR count). The van der Waals surface area contributed by atoms with Crippen molar-refractivity contribution in [2.75, 3.05) is 13.7 Å². The van der Waals surface area contributed by atoms with E-state index in [2.05, 4.69) is 20.9 Å². The van der Waals surface area contributed by atoms with Crippen molar-refractivity contribution in [1.29, 1.82) is 0 Å². The van der Waals surface area contributed by atoms with Crippen molar-refractivity contribution in [3.63, 3.8) is 0 Å². The van der Waals surface area contributed by atoms with E-state index >= 15 is 0 Å². The van der Waals surface area contributed by atoms with Crippen LogP contribution in [-0.4, -0.2) is 24.8 Å². The second-order valence-electron chi connectivity index (χ2n) is 3.90. The van der Waals surface area contributed by atoms with Crippen molar-refractivity contribution in [3.05, 3.63) is 29.6 Å². The highest BCUT2D eigenvalue weighted by molar-refractivity contribution is 9.08. The third-order valence-electron chi connectivity index (χ3n) is 2.81. The molecule has 1 aromatic heterocycles. The molecule has 0 amide bonds. The first-order chi connectivity index (χ1) is 7.85. The molecule has 0 radical (unpaired) electrons. The van der Waals surface area contributed by atoms with Gasteiger partial charge in [-0.05, 0) is 25.0 Å². The van der Waals surface area contributed by atoms with Gasteiger partial charge in [-0.15, -0.1) is 0 Å². The molecule has 0 aliphatic carbocycles. The first-order valence-corrected chi connectivity index (χ1v) is 6.63. The predicted molar refractivity (Wildman–Crippen MR) is 65.6 cm³/mol. The number of alkyl halides is 1. The molecule has 0 spiro atoms. The minimum absolute atomic E-state index is 0.0403. The summed E-state index contributed by atoms with van der Waals surface area (Å²) in [5.74, 6) is 0. The lowest BCUT2D eigenvalue weighted by atomic mass is 10.1. The van der Waals surface area contributed by atoms with E-state index in [4.69, 9.17) is 9.47 Å². The molecular formula is C12H16BrNO2. The molecule has 2 heterocycles. The number of pyridine rings is 1. The Labute approximate surface area is 104 Å². The maximum Gasteiger partial charge on any atom is 0.125 e. The molecule has 88 valence electrons. The Hall–Kier alpha value is -0.450. The summed E-state index contributed by atoms with van der Waals surface area (Å²) < 4.78 is 11.2. The monoisotopic (exact) mass is 285 g/mol. The van der Waals surface area contributed by atoms with Crippen molar-refractivity contribution in [2.45, 2.75) is 30.4 Å². The number of nitrogens with zero attached hydrogens (tertiary/aromatic N) is 1. The van der Waals surface area contributed by atoms with Crippen LogP contribution in [0, 0.1) is 0 Å². The van der Waals surface area contributed by atoms with E-state index in [-0.39, 0.29) is 12.2 Å². The van der Waals surface area contributed by atoms with Crippen LogP contribution in [-0.2, 0) is 14.8 Å². The van der Waals surface area contributed by atoms with Crippen LogP contribution in [0.2, 0.25) is 0 Å². The third kappa shape index (κ3) is 2.62. The molecule has 4 heteroatoms. The fourth-order valence-electron chi connectivity index (χ4n) is 2.04. The number of halogens is 1. The van der Waals surface area contributed by atoms with Gasteiger partial charge in [0, 0.05) is 19.0 Å². The van der Waals surface area contributed by atoms with Gasteiger partial charge in [-0.1, -0.05) is 22.0 Å². The zero-order chi connectivity index (χ0) is 11.4. The number of methoxy groups -OCH3 is 1. The van der Waals surface area contributed by atoms with Crippen molar-refractivity contribution >= 4 is 15.9 Å². The highest BCUT2D eigenvalue weighted by Crippen LogP contribution is 2.28. The SMILES string of the molecule is COC(c1cccc(CBr)n1)C1CCCO1. The molecule has 0 aromatic carbocycles. The van der Waals surface area contributed by atoms with Crippen molar-refractivity contribution in [2.24, 2.45) is 0 Å². The van der Waals surface area contributed by atoms with E-state index in [0.29, 0.717) is 0 Å². The molecule has 0 saturated carbocycles. The molecular weight excluding hydrogens is 270 g/mol. The van der Waals surface area contributed by atoms with E-state index in [1.807, 2.05) is 18.2 Å². The lowest BCUT2D eigenvalue weighted by Gasteiger charge is -2.21. The molecule has 0 bridgehead atoms. The second kappa shape index (κ2) is 5.75. The van der Waals surface area contributed by atoms with Crippen LogP contribution in [0.25, 0.3) is 0 Å². The summed E-state index contributed by atoms with van der Waals surface area (Å²) in [5, 5.41) is 0.767. The smallest absolute Gasteiger partial charge is 0.125 e. The van der Waals surface area contributed by atoms with Crippen LogP contribution in [0.3, 0.4) is 0 Å². The first-order valence-electron chi connectivity index (χ1n) is 5.51. The van der Waals surface area contributed by atoms with Gasteiger partial charge < -0.3 is 9.47 Å². The van der Waals surface area contributed by atoms with Gasteiger partial charge in [0.25, 0.3) is 0 Å². The van der Waals surface area contributed by atoms with Gasteiger partial charge in [0.2, 0.25) is 0 Å². The van der Waals surface area contributed by atoms with Gasteiger partial charge >= 0.3 is 0 Å². The van der Waals surface area contributed by atoms with Gasteiger partial charge in [0.15, 0.2) is 0 Å². The highest BCUT2D eigenvalue weighted by atomic mass is 79.9. The van der Waals surface area contributed by atoms with E-state index in [1.165, 1.54) is 0 Å². The van der Waals surface area contributed by atoms with E-state index in [0.717, 1.165) is 36.2 Å². The van der Waals surface area contributed by atoms with Crippen LogP contribution >= 0.6 is 15.9 Å². The molecule has 3 nitrogen and oxygen atoms in total. The maximum atomic E-state index is 5.66. The minimum Gasteiger partial charge on any atom is -0.375 e. The van der Waals surface area contributed by atoms with Gasteiger partial charge in [0.05, 0.1) is 17.5 Å². The van der Waals surface area contributed by atoms with Crippen molar-refractivity contribution < 1.29 is 9.47 Å². The molecule has 2 atom stereocenters. The standard InChI is InChI=1S/C12H16BrNO2/c1-15-12(11-6-3-7-16-11)10-5-2-4-9(8-13)14-10/h2,4-5,11-12H,3,6-8H2,1H3. The lowest BCUT2D eigenvalue weighted by molar-refractivity contribution is -0.0305. The summed E-state index contributed by atoms with van der Waals surface area (Å²) in [6.07, 6.45) is 2.28. The Balaban J connectivity index is 2.18. The average Bonchev–Trinajstić information content (AvgIpc) is 2.84. The zero-order valence-corrected chi connectivity index (χ0v) is 10.9. The Morgan fingerprint density at radius 2 is 2.50 bits per heavy atom. The molecule has 1 aromatic rings. The summed E-state index contributed by atoms with van der Waals surface area (Å²) in [5.41, 5.74) is 1.99. The Kier molecular flexibility index (Phi) is 4.32.